The van der Waals surface area contributed by atoms with Crippen LogP contribution in [0.5, 0.6) is 5.75 Å². The smallest absolute Gasteiger partial charge is 0.129 e. The number of halogens is 2. The lowest BCUT2D eigenvalue weighted by atomic mass is 9.66. The maximum absolute atomic E-state index is 14.2. The van der Waals surface area contributed by atoms with E-state index in [1.165, 1.54) is 31.0 Å². The van der Waals surface area contributed by atoms with E-state index in [4.69, 9.17) is 0 Å². The van der Waals surface area contributed by atoms with Crippen LogP contribution in [0.2, 0.25) is 0 Å². The molecule has 0 saturated heterocycles. The van der Waals surface area contributed by atoms with Crippen molar-refractivity contribution in [2.45, 2.75) is 37.7 Å². The van der Waals surface area contributed by atoms with Crippen molar-refractivity contribution in [1.29, 1.82) is 0 Å². The van der Waals surface area contributed by atoms with Gasteiger partial charge in [0.05, 0.1) is 5.60 Å². The summed E-state index contributed by atoms with van der Waals surface area (Å²) in [5, 5.41) is 20.9. The highest BCUT2D eigenvalue weighted by atomic mass is 35.5. The number of aromatic hydroxyl groups is 1. The molecule has 0 radical (unpaired) electrons. The second kappa shape index (κ2) is 5.99. The van der Waals surface area contributed by atoms with E-state index in [0.29, 0.717) is 11.8 Å². The molecular weight excluding hydrogens is 305 g/mol. The summed E-state index contributed by atoms with van der Waals surface area (Å²) in [7, 11) is 3.96. The Hall–Kier alpha value is -0.840. The number of rotatable bonds is 3. The fourth-order valence-corrected chi connectivity index (χ4v) is 3.94. The maximum Gasteiger partial charge on any atom is 0.129 e. The van der Waals surface area contributed by atoms with Crippen LogP contribution in [0.4, 0.5) is 4.39 Å². The van der Waals surface area contributed by atoms with Crippen molar-refractivity contribution in [1.82, 2.24) is 4.90 Å². The summed E-state index contributed by atoms with van der Waals surface area (Å²) < 4.78 is 14.2. The van der Waals surface area contributed by atoms with Crippen LogP contribution in [0.25, 0.3) is 0 Å². The van der Waals surface area contributed by atoms with Crippen molar-refractivity contribution in [2.24, 2.45) is 11.3 Å². The van der Waals surface area contributed by atoms with Gasteiger partial charge < -0.3 is 15.1 Å². The summed E-state index contributed by atoms with van der Waals surface area (Å²) >= 11 is 0. The van der Waals surface area contributed by atoms with Crippen molar-refractivity contribution < 1.29 is 14.6 Å². The van der Waals surface area contributed by atoms with Crippen LogP contribution in [0.15, 0.2) is 18.2 Å². The fraction of sp³-hybridized carbons (Fsp3) is 0.647. The number of phenolic OH excluding ortho intramolecular Hbond substituents is 1. The van der Waals surface area contributed by atoms with Gasteiger partial charge in [0.2, 0.25) is 0 Å². The Kier molecular flexibility index (Phi) is 4.77. The van der Waals surface area contributed by atoms with Crippen LogP contribution < -0.4 is 0 Å². The Morgan fingerprint density at radius 1 is 1.23 bits per heavy atom. The van der Waals surface area contributed by atoms with Gasteiger partial charge in [0.1, 0.15) is 11.6 Å². The third-order valence-corrected chi connectivity index (χ3v) is 5.35. The third kappa shape index (κ3) is 3.10. The topological polar surface area (TPSA) is 43.7 Å². The van der Waals surface area contributed by atoms with Gasteiger partial charge in [0.25, 0.3) is 0 Å². The first-order chi connectivity index (χ1) is 9.85. The summed E-state index contributed by atoms with van der Waals surface area (Å²) in [5.74, 6) is -0.416. The molecule has 1 spiro atoms. The van der Waals surface area contributed by atoms with E-state index in [2.05, 4.69) is 4.90 Å². The molecule has 5 heteroatoms. The summed E-state index contributed by atoms with van der Waals surface area (Å²) in [6.07, 6.45) is 4.93. The second-order valence-electron chi connectivity index (χ2n) is 7.25. The zero-order chi connectivity index (χ0) is 15.3. The average Bonchev–Trinajstić information content (AvgIpc) is 3.16. The normalized spacial score (nSPS) is 29.4. The molecule has 0 amide bonds. The first-order valence-corrected chi connectivity index (χ1v) is 7.71. The Morgan fingerprint density at radius 2 is 1.86 bits per heavy atom. The summed E-state index contributed by atoms with van der Waals surface area (Å²) in [6, 6.07) is 3.97. The summed E-state index contributed by atoms with van der Waals surface area (Å²) in [4.78, 5) is 2.05. The van der Waals surface area contributed by atoms with Crippen LogP contribution in [0.1, 0.15) is 37.7 Å². The zero-order valence-electron chi connectivity index (χ0n) is 13.2. The molecule has 3 nitrogen and oxygen atoms in total. The molecule has 1 aromatic carbocycles. The van der Waals surface area contributed by atoms with Gasteiger partial charge in [-0.2, -0.15) is 0 Å². The van der Waals surface area contributed by atoms with Crippen molar-refractivity contribution >= 4 is 12.4 Å². The van der Waals surface area contributed by atoms with Gasteiger partial charge in [-0.3, -0.25) is 0 Å². The number of aliphatic hydroxyl groups is 1. The molecule has 3 rings (SSSR count). The molecule has 0 bridgehead atoms. The van der Waals surface area contributed by atoms with Crippen LogP contribution in [0, 0.1) is 17.2 Å². The summed E-state index contributed by atoms with van der Waals surface area (Å²) in [5.41, 5.74) is -0.536. The number of nitrogens with zero attached hydrogens (tertiary/aromatic N) is 1. The molecule has 2 N–H and O–H groups in total. The molecular formula is C17H25ClFNO2. The molecule has 2 unspecified atom stereocenters. The van der Waals surface area contributed by atoms with E-state index >= 15 is 0 Å². The maximum atomic E-state index is 14.2. The van der Waals surface area contributed by atoms with E-state index in [1.54, 1.807) is 0 Å². The Labute approximate surface area is 137 Å². The first kappa shape index (κ1) is 17.5. The molecule has 0 heterocycles. The number of hydrogen-bond acceptors (Lipinski definition) is 3. The highest BCUT2D eigenvalue weighted by Crippen LogP contribution is 2.61. The van der Waals surface area contributed by atoms with Crippen molar-refractivity contribution in [3.05, 3.63) is 29.6 Å². The molecule has 2 aliphatic rings. The minimum Gasteiger partial charge on any atom is -0.508 e. The molecule has 22 heavy (non-hydrogen) atoms. The highest BCUT2D eigenvalue weighted by Gasteiger charge is 2.54. The standard InChI is InChI=1S/C17H24FNO2.ClH/c1-19(2)11-12-10-16(5-6-16)7-8-17(12,21)14-9-13(20)3-4-15(14)18;/h3-4,9,12,20-21H,5-8,10-11H2,1-2H3;1H. The van der Waals surface area contributed by atoms with Crippen molar-refractivity contribution in [3.8, 4) is 5.75 Å². The Morgan fingerprint density at radius 3 is 2.45 bits per heavy atom. The number of hydrogen-bond donors (Lipinski definition) is 2. The largest absolute Gasteiger partial charge is 0.508 e. The van der Waals surface area contributed by atoms with Crippen LogP contribution >= 0.6 is 12.4 Å². The average molecular weight is 330 g/mol. The lowest BCUT2D eigenvalue weighted by Gasteiger charge is -2.45. The van der Waals surface area contributed by atoms with Gasteiger partial charge in [-0.05, 0) is 69.8 Å². The number of phenols is 1. The molecule has 124 valence electrons. The SMILES string of the molecule is CN(C)CC1CC2(CC2)CCC1(O)c1cc(O)ccc1F.Cl. The lowest BCUT2D eigenvalue weighted by Crippen LogP contribution is -2.46. The predicted molar refractivity (Wildman–Crippen MR) is 86.8 cm³/mol. The van der Waals surface area contributed by atoms with Crippen molar-refractivity contribution in [2.75, 3.05) is 20.6 Å². The second-order valence-corrected chi connectivity index (χ2v) is 7.25. The molecule has 0 aromatic heterocycles. The van der Waals surface area contributed by atoms with E-state index in [0.717, 1.165) is 19.4 Å². The highest BCUT2D eigenvalue weighted by molar-refractivity contribution is 5.85. The first-order valence-electron chi connectivity index (χ1n) is 7.71. The van der Waals surface area contributed by atoms with Gasteiger partial charge >= 0.3 is 0 Å². The predicted octanol–water partition coefficient (Wildman–Crippen LogP) is 3.28. The minimum absolute atomic E-state index is 0. The van der Waals surface area contributed by atoms with Gasteiger partial charge in [0.15, 0.2) is 0 Å². The molecule has 1 aromatic rings. The Bertz CT molecular complexity index is 547. The molecule has 2 saturated carbocycles. The van der Waals surface area contributed by atoms with Crippen molar-refractivity contribution in [3.63, 3.8) is 0 Å². The molecule has 0 aliphatic heterocycles. The third-order valence-electron chi connectivity index (χ3n) is 5.35. The van der Waals surface area contributed by atoms with Crippen LogP contribution in [-0.2, 0) is 5.60 Å². The molecule has 2 aliphatic carbocycles. The van der Waals surface area contributed by atoms with Gasteiger partial charge in [-0.15, -0.1) is 12.4 Å². The Balaban J connectivity index is 0.00000176. The van der Waals surface area contributed by atoms with Crippen LogP contribution in [-0.4, -0.2) is 35.8 Å². The lowest BCUT2D eigenvalue weighted by molar-refractivity contribution is -0.0820. The monoisotopic (exact) mass is 329 g/mol. The van der Waals surface area contributed by atoms with E-state index < -0.39 is 11.4 Å². The van der Waals surface area contributed by atoms with E-state index in [9.17, 15) is 14.6 Å². The van der Waals surface area contributed by atoms with Gasteiger partial charge in [0, 0.05) is 18.0 Å². The van der Waals surface area contributed by atoms with Gasteiger partial charge in [-0.1, -0.05) is 0 Å². The van der Waals surface area contributed by atoms with E-state index in [-0.39, 0.29) is 29.6 Å². The van der Waals surface area contributed by atoms with E-state index in [1.807, 2.05) is 14.1 Å². The minimum atomic E-state index is -1.18. The van der Waals surface area contributed by atoms with Crippen LogP contribution in [0.3, 0.4) is 0 Å². The quantitative estimate of drug-likeness (QED) is 0.894. The van der Waals surface area contributed by atoms with Gasteiger partial charge in [-0.25, -0.2) is 4.39 Å². The number of benzene rings is 1. The molecule has 2 atom stereocenters. The summed E-state index contributed by atoms with van der Waals surface area (Å²) in [6.45, 7) is 0.730. The zero-order valence-corrected chi connectivity index (χ0v) is 14.0. The molecule has 2 fully saturated rings. The fourth-order valence-electron chi connectivity index (χ4n) is 3.94.